The number of benzene rings is 2. The Morgan fingerprint density at radius 2 is 1.30 bits per heavy atom. The van der Waals surface area contributed by atoms with Crippen LogP contribution in [0.4, 0.5) is 0 Å². The summed E-state index contributed by atoms with van der Waals surface area (Å²) in [4.78, 5) is 0. The van der Waals surface area contributed by atoms with Gasteiger partial charge >= 0.3 is 0 Å². The number of hydrogen-bond acceptors (Lipinski definition) is 0. The lowest BCUT2D eigenvalue weighted by molar-refractivity contribution is 1.42. The molecule has 0 fully saturated rings. The molecule has 0 bridgehead atoms. The van der Waals surface area contributed by atoms with E-state index in [4.69, 9.17) is 0 Å². The quantitative estimate of drug-likeness (QED) is 0.624. The van der Waals surface area contributed by atoms with Crippen molar-refractivity contribution in [3.05, 3.63) is 102 Å². The van der Waals surface area contributed by atoms with E-state index in [9.17, 15) is 0 Å². The van der Waals surface area contributed by atoms with Crippen LogP contribution in [0.3, 0.4) is 0 Å². The Bertz CT molecular complexity index is 587. The first-order valence-electron chi connectivity index (χ1n) is 6.87. The van der Waals surface area contributed by atoms with Crippen molar-refractivity contribution in [3.8, 4) is 0 Å². The van der Waals surface area contributed by atoms with Crippen molar-refractivity contribution >= 4 is 5.57 Å². The van der Waals surface area contributed by atoms with E-state index in [0.29, 0.717) is 0 Å². The topological polar surface area (TPSA) is 0 Å². The van der Waals surface area contributed by atoms with Gasteiger partial charge in [-0.15, -0.1) is 0 Å². The van der Waals surface area contributed by atoms with Gasteiger partial charge in [0.2, 0.25) is 0 Å². The van der Waals surface area contributed by atoms with Gasteiger partial charge in [-0.25, -0.2) is 0 Å². The van der Waals surface area contributed by atoms with Gasteiger partial charge in [-0.1, -0.05) is 78.9 Å². The van der Waals surface area contributed by atoms with Crippen molar-refractivity contribution in [2.75, 3.05) is 0 Å². The summed E-state index contributed by atoms with van der Waals surface area (Å²) in [6.07, 6.45) is 4.32. The van der Waals surface area contributed by atoms with E-state index < -0.39 is 0 Å². The Labute approximate surface area is 121 Å². The summed E-state index contributed by atoms with van der Waals surface area (Å²) in [5.41, 5.74) is 5.92. The van der Waals surface area contributed by atoms with Gasteiger partial charge in [-0.2, -0.15) is 0 Å². The zero-order valence-corrected chi connectivity index (χ0v) is 12.1. The smallest absolute Gasteiger partial charge is 0.0106 e. The van der Waals surface area contributed by atoms with Gasteiger partial charge in [0.15, 0.2) is 0 Å². The molecular weight excluding hydrogens is 240 g/mol. The second-order valence-electron chi connectivity index (χ2n) is 4.81. The number of hydrogen-bond donors (Lipinski definition) is 0. The molecule has 0 amide bonds. The molecule has 0 heteroatoms. The molecule has 20 heavy (non-hydrogen) atoms. The molecule has 0 nitrogen and oxygen atoms in total. The van der Waals surface area contributed by atoms with E-state index in [1.165, 1.54) is 22.3 Å². The molecule has 2 aromatic rings. The molecule has 0 saturated heterocycles. The largest absolute Gasteiger partial charge is 0.0955 e. The molecule has 100 valence electrons. The molecule has 0 N–H and O–H groups in total. The van der Waals surface area contributed by atoms with Crippen molar-refractivity contribution in [2.45, 2.75) is 13.8 Å². The third-order valence-corrected chi connectivity index (χ3v) is 3.27. The minimum atomic E-state index is 1.08. The molecule has 0 aliphatic rings. The summed E-state index contributed by atoms with van der Waals surface area (Å²) in [5, 5.41) is 0. The Morgan fingerprint density at radius 1 is 0.850 bits per heavy atom. The first-order chi connectivity index (χ1) is 9.72. The highest BCUT2D eigenvalue weighted by atomic mass is 14.1. The molecule has 0 spiro atoms. The summed E-state index contributed by atoms with van der Waals surface area (Å²) in [6.45, 7) is 8.14. The SMILES string of the molecule is C=C(C)/C(C=C(c1ccccc1)c1ccccc1)=C\C. The molecule has 0 radical (unpaired) electrons. The van der Waals surface area contributed by atoms with Crippen LogP contribution in [0, 0.1) is 0 Å². The molecule has 0 aromatic heterocycles. The second-order valence-corrected chi connectivity index (χ2v) is 4.81. The van der Waals surface area contributed by atoms with E-state index in [2.05, 4.69) is 67.3 Å². The van der Waals surface area contributed by atoms with E-state index in [1.807, 2.05) is 26.0 Å². The molecule has 0 saturated carbocycles. The maximum Gasteiger partial charge on any atom is -0.0106 e. The van der Waals surface area contributed by atoms with Gasteiger partial charge in [0, 0.05) is 0 Å². The van der Waals surface area contributed by atoms with Gasteiger partial charge in [0.25, 0.3) is 0 Å². The Hall–Kier alpha value is -2.34. The molecule has 0 heterocycles. The Morgan fingerprint density at radius 3 is 1.65 bits per heavy atom. The van der Waals surface area contributed by atoms with E-state index in [-0.39, 0.29) is 0 Å². The van der Waals surface area contributed by atoms with Crippen LogP contribution >= 0.6 is 0 Å². The minimum Gasteiger partial charge on any atom is -0.0955 e. The number of rotatable bonds is 4. The van der Waals surface area contributed by atoms with Gasteiger partial charge in [0.05, 0.1) is 0 Å². The standard InChI is InChI=1S/C20H20/c1-4-17(16(2)3)15-20(18-11-7-5-8-12-18)19-13-9-6-10-14-19/h4-15H,2H2,1,3H3/b17-4-. The van der Waals surface area contributed by atoms with Gasteiger partial charge in [-0.3, -0.25) is 0 Å². The Balaban J connectivity index is 2.57. The predicted molar refractivity (Wildman–Crippen MR) is 88.5 cm³/mol. The fourth-order valence-electron chi connectivity index (χ4n) is 2.18. The van der Waals surface area contributed by atoms with Crippen molar-refractivity contribution in [1.82, 2.24) is 0 Å². The van der Waals surface area contributed by atoms with E-state index >= 15 is 0 Å². The van der Waals surface area contributed by atoms with Crippen LogP contribution in [0.25, 0.3) is 5.57 Å². The van der Waals surface area contributed by atoms with Crippen LogP contribution < -0.4 is 0 Å². The predicted octanol–water partition coefficient (Wildman–Crippen LogP) is 5.64. The van der Waals surface area contributed by atoms with Crippen LogP contribution in [0.1, 0.15) is 25.0 Å². The van der Waals surface area contributed by atoms with Crippen LogP contribution in [-0.2, 0) is 0 Å². The van der Waals surface area contributed by atoms with Crippen LogP contribution in [0.5, 0.6) is 0 Å². The first-order valence-corrected chi connectivity index (χ1v) is 6.87. The van der Waals surface area contributed by atoms with Crippen molar-refractivity contribution in [3.63, 3.8) is 0 Å². The number of allylic oxidation sites excluding steroid dienone is 4. The molecule has 2 aromatic carbocycles. The highest BCUT2D eigenvalue weighted by Gasteiger charge is 2.05. The minimum absolute atomic E-state index is 1.08. The average molecular weight is 260 g/mol. The normalized spacial score (nSPS) is 11.0. The van der Waals surface area contributed by atoms with Crippen molar-refractivity contribution in [1.29, 1.82) is 0 Å². The Kier molecular flexibility index (Phi) is 4.73. The summed E-state index contributed by atoms with van der Waals surface area (Å²) >= 11 is 0. The molecule has 0 aliphatic carbocycles. The summed E-state index contributed by atoms with van der Waals surface area (Å²) in [6, 6.07) is 20.9. The van der Waals surface area contributed by atoms with Crippen LogP contribution in [-0.4, -0.2) is 0 Å². The van der Waals surface area contributed by atoms with Gasteiger partial charge in [-0.05, 0) is 42.2 Å². The molecule has 2 rings (SSSR count). The summed E-state index contributed by atoms with van der Waals surface area (Å²) in [7, 11) is 0. The fourth-order valence-corrected chi connectivity index (χ4v) is 2.18. The van der Waals surface area contributed by atoms with Crippen LogP contribution in [0.2, 0.25) is 0 Å². The summed E-state index contributed by atoms with van der Waals surface area (Å²) in [5.74, 6) is 0. The summed E-state index contributed by atoms with van der Waals surface area (Å²) < 4.78 is 0. The monoisotopic (exact) mass is 260 g/mol. The zero-order chi connectivity index (χ0) is 14.4. The van der Waals surface area contributed by atoms with Crippen molar-refractivity contribution in [2.24, 2.45) is 0 Å². The highest BCUT2D eigenvalue weighted by Crippen LogP contribution is 2.26. The molecular formula is C20H20. The third kappa shape index (κ3) is 3.36. The van der Waals surface area contributed by atoms with Gasteiger partial charge < -0.3 is 0 Å². The lowest BCUT2D eigenvalue weighted by Gasteiger charge is -2.10. The molecule has 0 atom stereocenters. The second kappa shape index (κ2) is 6.72. The lowest BCUT2D eigenvalue weighted by atomic mass is 9.94. The fraction of sp³-hybridized carbons (Fsp3) is 0.100. The first kappa shape index (κ1) is 14.1. The molecule has 0 unspecified atom stereocenters. The maximum absolute atomic E-state index is 4.05. The average Bonchev–Trinajstić information content (AvgIpc) is 2.50. The van der Waals surface area contributed by atoms with E-state index in [0.717, 1.165) is 5.57 Å². The van der Waals surface area contributed by atoms with Crippen LogP contribution in [0.15, 0.2) is 90.5 Å². The lowest BCUT2D eigenvalue weighted by Crippen LogP contribution is -1.90. The van der Waals surface area contributed by atoms with Gasteiger partial charge in [0.1, 0.15) is 0 Å². The van der Waals surface area contributed by atoms with E-state index in [1.54, 1.807) is 0 Å². The van der Waals surface area contributed by atoms with Crippen molar-refractivity contribution < 1.29 is 0 Å². The molecule has 0 aliphatic heterocycles. The zero-order valence-electron chi connectivity index (χ0n) is 12.1. The third-order valence-electron chi connectivity index (χ3n) is 3.27. The maximum atomic E-state index is 4.05. The highest BCUT2D eigenvalue weighted by molar-refractivity contribution is 5.82.